The van der Waals surface area contributed by atoms with Crippen LogP contribution in [0.15, 0.2) is 18.5 Å². The predicted molar refractivity (Wildman–Crippen MR) is 93.8 cm³/mol. The van der Waals surface area contributed by atoms with Gasteiger partial charge in [-0.05, 0) is 19.8 Å². The van der Waals surface area contributed by atoms with Gasteiger partial charge in [0.15, 0.2) is 5.65 Å². The maximum absolute atomic E-state index is 11.8. The van der Waals surface area contributed by atoms with Gasteiger partial charge in [-0.15, -0.1) is 0 Å². The highest BCUT2D eigenvalue weighted by atomic mass is 31.2. The zero-order valence-corrected chi connectivity index (χ0v) is 14.9. The molecule has 9 heteroatoms. The van der Waals surface area contributed by atoms with E-state index in [2.05, 4.69) is 15.0 Å². The lowest BCUT2D eigenvalue weighted by Crippen LogP contribution is -2.01. The fourth-order valence-electron chi connectivity index (χ4n) is 2.20. The van der Waals surface area contributed by atoms with E-state index in [4.69, 9.17) is 10.3 Å². The van der Waals surface area contributed by atoms with E-state index in [9.17, 15) is 9.46 Å². The number of unbranched alkanes of at least 4 members (excludes halogenated alkanes) is 1. The van der Waals surface area contributed by atoms with Gasteiger partial charge in [0.25, 0.3) is 0 Å². The number of nitrogens with two attached hydrogens (primary N) is 1. The van der Waals surface area contributed by atoms with Crippen LogP contribution in [-0.2, 0) is 15.6 Å². The first kappa shape index (κ1) is 18.6. The summed E-state index contributed by atoms with van der Waals surface area (Å²) in [5.41, 5.74) is 7.82. The lowest BCUT2D eigenvalue weighted by Gasteiger charge is -2.10. The van der Waals surface area contributed by atoms with Crippen LogP contribution in [-0.4, -0.2) is 37.2 Å². The zero-order chi connectivity index (χ0) is 17.6. The second kappa shape index (κ2) is 8.37. The first-order valence-corrected chi connectivity index (χ1v) is 9.75. The average Bonchev–Trinajstić information content (AvgIpc) is 2.90. The van der Waals surface area contributed by atoms with Gasteiger partial charge in [-0.2, -0.15) is 4.98 Å². The van der Waals surface area contributed by atoms with Gasteiger partial charge in [-0.25, -0.2) is 9.97 Å². The van der Waals surface area contributed by atoms with E-state index in [0.717, 1.165) is 24.1 Å². The molecule has 2 rings (SSSR count). The van der Waals surface area contributed by atoms with E-state index >= 15 is 0 Å². The Kier molecular flexibility index (Phi) is 6.48. The predicted octanol–water partition coefficient (Wildman–Crippen LogP) is 2.67. The van der Waals surface area contributed by atoms with Crippen LogP contribution >= 0.6 is 7.60 Å². The standard InChI is InChI=1S/C15H24N5O3P/c1-3-4-9-23-24(21,22)10-7-5-6-8-20-11-17-13-12(2)18-15(16)19-14(13)20/h5-6,11H,3-4,7-10H2,1-2H3,(H,21,22)(H2,16,18,19)/b6-5-. The normalized spacial score (nSPS) is 14.5. The summed E-state index contributed by atoms with van der Waals surface area (Å²) >= 11 is 0. The topological polar surface area (TPSA) is 116 Å². The van der Waals surface area contributed by atoms with E-state index in [1.165, 1.54) is 0 Å². The highest BCUT2D eigenvalue weighted by Crippen LogP contribution is 2.42. The van der Waals surface area contributed by atoms with Gasteiger partial charge < -0.3 is 19.7 Å². The molecule has 0 aliphatic rings. The number of rotatable bonds is 9. The molecule has 0 aromatic carbocycles. The second-order valence-electron chi connectivity index (χ2n) is 5.54. The maximum atomic E-state index is 11.8. The van der Waals surface area contributed by atoms with Crippen LogP contribution < -0.4 is 5.73 Å². The monoisotopic (exact) mass is 353 g/mol. The number of anilines is 1. The molecule has 0 amide bonds. The van der Waals surface area contributed by atoms with Crippen molar-refractivity contribution in [2.24, 2.45) is 0 Å². The zero-order valence-electron chi connectivity index (χ0n) is 14.1. The number of aromatic nitrogens is 4. The smallest absolute Gasteiger partial charge is 0.328 e. The third-order valence-electron chi connectivity index (χ3n) is 3.49. The molecule has 0 fully saturated rings. The van der Waals surface area contributed by atoms with Gasteiger partial charge in [-0.3, -0.25) is 4.57 Å². The van der Waals surface area contributed by atoms with E-state index < -0.39 is 7.60 Å². The molecular formula is C15H24N5O3P. The Morgan fingerprint density at radius 3 is 2.96 bits per heavy atom. The van der Waals surface area contributed by atoms with E-state index in [1.807, 2.05) is 30.6 Å². The molecular weight excluding hydrogens is 329 g/mol. The lowest BCUT2D eigenvalue weighted by molar-refractivity contribution is 0.255. The van der Waals surface area contributed by atoms with Gasteiger partial charge >= 0.3 is 7.60 Å². The minimum Gasteiger partial charge on any atom is -0.368 e. The number of nitrogens with zero attached hydrogens (tertiary/aromatic N) is 4. The second-order valence-corrected chi connectivity index (χ2v) is 7.52. The molecule has 0 aliphatic carbocycles. The summed E-state index contributed by atoms with van der Waals surface area (Å²) in [6, 6.07) is 0. The Bertz CT molecular complexity index is 759. The van der Waals surface area contributed by atoms with Crippen molar-refractivity contribution in [2.45, 2.75) is 39.7 Å². The van der Waals surface area contributed by atoms with Crippen LogP contribution in [0.3, 0.4) is 0 Å². The van der Waals surface area contributed by atoms with Crippen molar-refractivity contribution >= 4 is 24.7 Å². The summed E-state index contributed by atoms with van der Waals surface area (Å²) < 4.78 is 18.7. The number of fused-ring (bicyclic) bond motifs is 1. The fourth-order valence-corrected chi connectivity index (χ4v) is 3.22. The highest BCUT2D eigenvalue weighted by molar-refractivity contribution is 7.52. The number of aryl methyl sites for hydroxylation is 1. The number of nitrogen functional groups attached to an aromatic ring is 1. The third-order valence-corrected chi connectivity index (χ3v) is 4.90. The average molecular weight is 353 g/mol. The summed E-state index contributed by atoms with van der Waals surface area (Å²) in [6.07, 6.45) is 7.76. The molecule has 0 bridgehead atoms. The molecule has 2 heterocycles. The summed E-state index contributed by atoms with van der Waals surface area (Å²) in [4.78, 5) is 22.3. The van der Waals surface area contributed by atoms with Crippen LogP contribution in [0, 0.1) is 6.92 Å². The van der Waals surface area contributed by atoms with Crippen LogP contribution in [0.4, 0.5) is 5.95 Å². The molecule has 2 aromatic heterocycles. The van der Waals surface area contributed by atoms with Crippen molar-refractivity contribution in [1.29, 1.82) is 0 Å². The first-order chi connectivity index (χ1) is 11.4. The van der Waals surface area contributed by atoms with Crippen LogP contribution in [0.1, 0.15) is 31.9 Å². The Balaban J connectivity index is 1.88. The molecule has 1 unspecified atom stereocenters. The number of imidazole rings is 1. The molecule has 2 aromatic rings. The Morgan fingerprint density at radius 1 is 1.42 bits per heavy atom. The van der Waals surface area contributed by atoms with Gasteiger partial charge in [0, 0.05) is 6.54 Å². The molecule has 0 saturated carbocycles. The number of hydrogen-bond acceptors (Lipinski definition) is 6. The minimum absolute atomic E-state index is 0.117. The molecule has 0 aliphatic heterocycles. The highest BCUT2D eigenvalue weighted by Gasteiger charge is 2.17. The Labute approximate surface area is 141 Å². The summed E-state index contributed by atoms with van der Waals surface area (Å²) in [5.74, 6) is 0.219. The molecule has 3 N–H and O–H groups in total. The van der Waals surface area contributed by atoms with Gasteiger partial charge in [-0.1, -0.05) is 25.5 Å². The third kappa shape index (κ3) is 5.12. The molecule has 132 valence electrons. The van der Waals surface area contributed by atoms with Gasteiger partial charge in [0.05, 0.1) is 24.8 Å². The van der Waals surface area contributed by atoms with E-state index in [-0.39, 0.29) is 12.1 Å². The SMILES string of the molecule is CCCCOP(=O)(O)CC/C=C\Cn1cnc2c(C)nc(N)nc21. The van der Waals surface area contributed by atoms with Crippen molar-refractivity contribution in [1.82, 2.24) is 19.5 Å². The van der Waals surface area contributed by atoms with Crippen molar-refractivity contribution in [3.05, 3.63) is 24.2 Å². The van der Waals surface area contributed by atoms with Crippen LogP contribution in [0.25, 0.3) is 11.2 Å². The Hall–Kier alpha value is -1.76. The number of allylic oxidation sites excluding steroid dienone is 2. The fraction of sp³-hybridized carbons (Fsp3) is 0.533. The Morgan fingerprint density at radius 2 is 2.21 bits per heavy atom. The molecule has 8 nitrogen and oxygen atoms in total. The van der Waals surface area contributed by atoms with E-state index in [1.54, 1.807) is 6.33 Å². The van der Waals surface area contributed by atoms with Gasteiger partial charge in [0.1, 0.15) is 5.52 Å². The molecule has 1 atom stereocenters. The summed E-state index contributed by atoms with van der Waals surface area (Å²) in [6.45, 7) is 4.73. The largest absolute Gasteiger partial charge is 0.368 e. The summed E-state index contributed by atoms with van der Waals surface area (Å²) in [7, 11) is -3.48. The van der Waals surface area contributed by atoms with Crippen molar-refractivity contribution in [3.63, 3.8) is 0 Å². The van der Waals surface area contributed by atoms with Crippen molar-refractivity contribution in [2.75, 3.05) is 18.5 Å². The van der Waals surface area contributed by atoms with E-state index in [0.29, 0.717) is 25.2 Å². The minimum atomic E-state index is -3.48. The number of hydrogen-bond donors (Lipinski definition) is 2. The summed E-state index contributed by atoms with van der Waals surface area (Å²) in [5, 5.41) is 0. The van der Waals surface area contributed by atoms with Crippen LogP contribution in [0.2, 0.25) is 0 Å². The van der Waals surface area contributed by atoms with Crippen molar-refractivity contribution < 1.29 is 14.0 Å². The quantitative estimate of drug-likeness (QED) is 0.404. The van der Waals surface area contributed by atoms with Gasteiger partial charge in [0.2, 0.25) is 5.95 Å². The molecule has 0 saturated heterocycles. The first-order valence-electron chi connectivity index (χ1n) is 7.99. The molecule has 0 spiro atoms. The van der Waals surface area contributed by atoms with Crippen molar-refractivity contribution in [3.8, 4) is 0 Å². The lowest BCUT2D eigenvalue weighted by atomic mass is 10.4. The maximum Gasteiger partial charge on any atom is 0.328 e. The van der Waals surface area contributed by atoms with Crippen LogP contribution in [0.5, 0.6) is 0 Å². The molecule has 0 radical (unpaired) electrons. The molecule has 24 heavy (non-hydrogen) atoms.